The van der Waals surface area contributed by atoms with Crippen molar-refractivity contribution in [3.05, 3.63) is 69.8 Å². The van der Waals surface area contributed by atoms with Crippen molar-refractivity contribution in [2.24, 2.45) is 0 Å². The Balaban J connectivity index is 1.81. The minimum Gasteiger partial charge on any atom is -0.452 e. The topological polar surface area (TPSA) is 119 Å². The van der Waals surface area contributed by atoms with Gasteiger partial charge in [-0.1, -0.05) is 17.7 Å². The highest BCUT2D eigenvalue weighted by molar-refractivity contribution is 5.95. The number of non-ortho nitro benzene ring substituents is 1. The maximum absolute atomic E-state index is 12.0. The van der Waals surface area contributed by atoms with Gasteiger partial charge in [0, 0.05) is 24.9 Å². The van der Waals surface area contributed by atoms with Crippen molar-refractivity contribution in [1.82, 2.24) is 4.90 Å². The first-order valence-electron chi connectivity index (χ1n) is 8.28. The lowest BCUT2D eigenvalue weighted by atomic mass is 10.2. The van der Waals surface area contributed by atoms with E-state index in [1.807, 2.05) is 19.1 Å². The smallest absolute Gasteiger partial charge is 0.338 e. The molecule has 0 aliphatic carbocycles. The number of nitro benzene ring substituents is 1. The summed E-state index contributed by atoms with van der Waals surface area (Å²) in [5.41, 5.74) is 1.59. The lowest BCUT2D eigenvalue weighted by Gasteiger charge is -2.16. The standard InChI is InChI=1S/C19H19N3O6/c1-13-3-7-15(8-4-13)20-17(23)11-21(2)18(24)12-28-19(25)14-5-9-16(10-6-14)22(26)27/h3-10H,11-12H2,1-2H3,(H,20,23). The van der Waals surface area contributed by atoms with Crippen LogP contribution in [0.2, 0.25) is 0 Å². The van der Waals surface area contributed by atoms with Gasteiger partial charge in [-0.3, -0.25) is 19.7 Å². The monoisotopic (exact) mass is 385 g/mol. The van der Waals surface area contributed by atoms with Crippen LogP contribution in [0.4, 0.5) is 11.4 Å². The molecule has 0 saturated carbocycles. The summed E-state index contributed by atoms with van der Waals surface area (Å²) in [5.74, 6) is -1.74. The minimum atomic E-state index is -0.791. The molecule has 0 heterocycles. The number of amides is 2. The van der Waals surface area contributed by atoms with E-state index in [9.17, 15) is 24.5 Å². The number of likely N-dealkylation sites (N-methyl/N-ethyl adjacent to an activating group) is 1. The lowest BCUT2D eigenvalue weighted by molar-refractivity contribution is -0.384. The summed E-state index contributed by atoms with van der Waals surface area (Å²) in [4.78, 5) is 47.1. The van der Waals surface area contributed by atoms with Gasteiger partial charge in [0.1, 0.15) is 0 Å². The van der Waals surface area contributed by atoms with Crippen LogP contribution in [0.15, 0.2) is 48.5 Å². The van der Waals surface area contributed by atoms with Gasteiger partial charge in [-0.05, 0) is 31.2 Å². The quantitative estimate of drug-likeness (QED) is 0.443. The number of ether oxygens (including phenoxy) is 1. The average molecular weight is 385 g/mol. The summed E-state index contributed by atoms with van der Waals surface area (Å²) in [7, 11) is 1.41. The summed E-state index contributed by atoms with van der Waals surface area (Å²) in [6.07, 6.45) is 0. The van der Waals surface area contributed by atoms with Gasteiger partial charge in [0.15, 0.2) is 6.61 Å². The molecule has 0 radical (unpaired) electrons. The van der Waals surface area contributed by atoms with Crippen LogP contribution in [0, 0.1) is 17.0 Å². The normalized spacial score (nSPS) is 10.1. The zero-order valence-corrected chi connectivity index (χ0v) is 15.4. The molecule has 1 N–H and O–H groups in total. The van der Waals surface area contributed by atoms with Crippen molar-refractivity contribution in [2.75, 3.05) is 25.5 Å². The number of esters is 1. The van der Waals surface area contributed by atoms with Crippen molar-refractivity contribution < 1.29 is 24.0 Å². The molecule has 0 saturated heterocycles. The van der Waals surface area contributed by atoms with Gasteiger partial charge in [-0.25, -0.2) is 4.79 Å². The van der Waals surface area contributed by atoms with Crippen molar-refractivity contribution in [3.8, 4) is 0 Å². The van der Waals surface area contributed by atoms with Crippen LogP contribution in [-0.4, -0.2) is 47.8 Å². The molecule has 2 aromatic rings. The van der Waals surface area contributed by atoms with Gasteiger partial charge in [0.05, 0.1) is 17.0 Å². The third-order valence-corrected chi connectivity index (χ3v) is 3.78. The highest BCUT2D eigenvalue weighted by atomic mass is 16.6. The Morgan fingerprint density at radius 1 is 1.07 bits per heavy atom. The van der Waals surface area contributed by atoms with E-state index in [1.165, 1.54) is 31.3 Å². The van der Waals surface area contributed by atoms with E-state index in [0.29, 0.717) is 5.69 Å². The van der Waals surface area contributed by atoms with Gasteiger partial charge in [-0.2, -0.15) is 0 Å². The van der Waals surface area contributed by atoms with E-state index >= 15 is 0 Å². The number of carbonyl (C=O) groups is 3. The number of nitrogens with one attached hydrogen (secondary N) is 1. The summed E-state index contributed by atoms with van der Waals surface area (Å²) in [5, 5.41) is 13.3. The first-order chi connectivity index (χ1) is 13.3. The first-order valence-corrected chi connectivity index (χ1v) is 8.28. The molecule has 0 aliphatic rings. The number of carbonyl (C=O) groups excluding carboxylic acids is 3. The van der Waals surface area contributed by atoms with Crippen molar-refractivity contribution in [3.63, 3.8) is 0 Å². The predicted molar refractivity (Wildman–Crippen MR) is 101 cm³/mol. The molecule has 2 rings (SSSR count). The molecule has 146 valence electrons. The Morgan fingerprint density at radius 3 is 2.25 bits per heavy atom. The number of hydrogen-bond donors (Lipinski definition) is 1. The summed E-state index contributed by atoms with van der Waals surface area (Å²) in [6, 6.07) is 12.0. The number of rotatable bonds is 7. The summed E-state index contributed by atoms with van der Waals surface area (Å²) < 4.78 is 4.89. The molecule has 0 fully saturated rings. The van der Waals surface area contributed by atoms with Crippen LogP contribution >= 0.6 is 0 Å². The molecule has 9 nitrogen and oxygen atoms in total. The third kappa shape index (κ3) is 5.90. The minimum absolute atomic E-state index is 0.0816. The molecule has 0 spiro atoms. The van der Waals surface area contributed by atoms with E-state index in [4.69, 9.17) is 4.74 Å². The highest BCUT2D eigenvalue weighted by Gasteiger charge is 2.17. The van der Waals surface area contributed by atoms with Crippen LogP contribution in [0.5, 0.6) is 0 Å². The Bertz CT molecular complexity index is 878. The van der Waals surface area contributed by atoms with Gasteiger partial charge >= 0.3 is 5.97 Å². The largest absolute Gasteiger partial charge is 0.452 e. The molecule has 9 heteroatoms. The van der Waals surface area contributed by atoms with Crippen molar-refractivity contribution in [1.29, 1.82) is 0 Å². The molecule has 0 atom stereocenters. The molecule has 0 unspecified atom stereocenters. The second-order valence-corrected chi connectivity index (χ2v) is 6.04. The molecule has 2 aromatic carbocycles. The summed E-state index contributed by atoms with van der Waals surface area (Å²) >= 11 is 0. The van der Waals surface area contributed by atoms with E-state index in [-0.39, 0.29) is 23.7 Å². The van der Waals surface area contributed by atoms with Crippen molar-refractivity contribution >= 4 is 29.2 Å². The van der Waals surface area contributed by atoms with Gasteiger partial charge in [0.2, 0.25) is 5.91 Å². The number of hydrogen-bond acceptors (Lipinski definition) is 6. The Labute approximate surface area is 161 Å². The number of nitro groups is 1. The zero-order chi connectivity index (χ0) is 20.7. The Hall–Kier alpha value is -3.75. The fourth-order valence-electron chi connectivity index (χ4n) is 2.18. The highest BCUT2D eigenvalue weighted by Crippen LogP contribution is 2.12. The molecular formula is C19H19N3O6. The lowest BCUT2D eigenvalue weighted by Crippen LogP contribution is -2.37. The van der Waals surface area contributed by atoms with Gasteiger partial charge in [-0.15, -0.1) is 0 Å². The SMILES string of the molecule is Cc1ccc(NC(=O)CN(C)C(=O)COC(=O)c2ccc([N+](=O)[O-])cc2)cc1. The van der Waals surface area contributed by atoms with E-state index in [2.05, 4.69) is 5.32 Å². The second kappa shape index (κ2) is 9.26. The van der Waals surface area contributed by atoms with E-state index in [0.717, 1.165) is 10.5 Å². The van der Waals surface area contributed by atoms with Crippen LogP contribution in [0.1, 0.15) is 15.9 Å². The number of benzene rings is 2. The maximum Gasteiger partial charge on any atom is 0.338 e. The molecule has 2 amide bonds. The molecular weight excluding hydrogens is 366 g/mol. The van der Waals surface area contributed by atoms with E-state index < -0.39 is 23.4 Å². The molecule has 0 bridgehead atoms. The Morgan fingerprint density at radius 2 is 1.68 bits per heavy atom. The number of aryl methyl sites for hydroxylation is 1. The number of anilines is 1. The van der Waals surface area contributed by atoms with Gasteiger partial charge in [0.25, 0.3) is 11.6 Å². The molecule has 0 aromatic heterocycles. The molecule has 28 heavy (non-hydrogen) atoms. The van der Waals surface area contributed by atoms with Crippen LogP contribution in [-0.2, 0) is 14.3 Å². The first kappa shape index (κ1) is 20.6. The Kier molecular flexibility index (Phi) is 6.80. The third-order valence-electron chi connectivity index (χ3n) is 3.78. The fraction of sp³-hybridized carbons (Fsp3) is 0.211. The van der Waals surface area contributed by atoms with Gasteiger partial charge < -0.3 is 15.0 Å². The van der Waals surface area contributed by atoms with Crippen LogP contribution < -0.4 is 5.32 Å². The number of nitrogens with zero attached hydrogens (tertiary/aromatic N) is 2. The van der Waals surface area contributed by atoms with Crippen LogP contribution in [0.25, 0.3) is 0 Å². The molecule has 0 aliphatic heterocycles. The zero-order valence-electron chi connectivity index (χ0n) is 15.4. The average Bonchev–Trinajstić information content (AvgIpc) is 2.67. The fourth-order valence-corrected chi connectivity index (χ4v) is 2.18. The van der Waals surface area contributed by atoms with Crippen LogP contribution in [0.3, 0.4) is 0 Å². The predicted octanol–water partition coefficient (Wildman–Crippen LogP) is 2.16. The van der Waals surface area contributed by atoms with Crippen molar-refractivity contribution in [2.45, 2.75) is 6.92 Å². The maximum atomic E-state index is 12.0. The van der Waals surface area contributed by atoms with E-state index in [1.54, 1.807) is 12.1 Å². The summed E-state index contributed by atoms with van der Waals surface area (Å²) in [6.45, 7) is 1.17. The second-order valence-electron chi connectivity index (χ2n) is 6.04.